The highest BCUT2D eigenvalue weighted by molar-refractivity contribution is 5.95. The molecule has 0 spiro atoms. The predicted octanol–water partition coefficient (Wildman–Crippen LogP) is 5.58. The van der Waals surface area contributed by atoms with Crippen molar-refractivity contribution in [3.05, 3.63) is 120 Å². The highest BCUT2D eigenvalue weighted by Crippen LogP contribution is 2.32. The van der Waals surface area contributed by atoms with E-state index < -0.39 is 5.97 Å². The molecule has 0 unspecified atom stereocenters. The number of aromatic nitrogens is 1. The summed E-state index contributed by atoms with van der Waals surface area (Å²) in [5.74, 6) is -0.306. The minimum absolute atomic E-state index is 0.00439. The smallest absolute Gasteiger partial charge is 0.328 e. The van der Waals surface area contributed by atoms with E-state index in [1.807, 2.05) is 90.6 Å². The van der Waals surface area contributed by atoms with Crippen LogP contribution in [-0.2, 0) is 29.2 Å². The summed E-state index contributed by atoms with van der Waals surface area (Å²) in [6.45, 7) is 1.22. The molecule has 0 saturated carbocycles. The number of carboxylic acid groups (broad SMARTS) is 1. The van der Waals surface area contributed by atoms with Gasteiger partial charge in [0.25, 0.3) is 0 Å². The molecule has 0 aliphatic rings. The first-order valence-corrected chi connectivity index (χ1v) is 12.2. The summed E-state index contributed by atoms with van der Waals surface area (Å²) in [7, 11) is 1.82. The number of amides is 1. The summed E-state index contributed by atoms with van der Waals surface area (Å²) < 4.78 is 8.11. The Morgan fingerprint density at radius 3 is 2.32 bits per heavy atom. The van der Waals surface area contributed by atoms with Crippen LogP contribution in [0.3, 0.4) is 0 Å². The molecule has 0 aliphatic carbocycles. The Hall–Kier alpha value is -4.58. The molecule has 0 bridgehead atoms. The quantitative estimate of drug-likeness (QED) is 0.218. The van der Waals surface area contributed by atoms with E-state index in [-0.39, 0.29) is 12.5 Å². The third-order valence-corrected chi connectivity index (χ3v) is 6.07. The Morgan fingerprint density at radius 2 is 1.62 bits per heavy atom. The van der Waals surface area contributed by atoms with Crippen LogP contribution in [0, 0.1) is 0 Å². The Balaban J connectivity index is 1.58. The standard InChI is InChI=1S/C31H30N2O4/c1-32(20-19-24-11-4-2-5-12-24)29(34)22-33-21-26(15-8-9-18-30(35)36)31-27(33)16-10-17-28(31)37-23-25-13-6-3-7-14-25/h2-18,21H,19-20,22-23H2,1H3,(H,35,36)/b15-8+,18-9+. The molecule has 0 radical (unpaired) electrons. The number of allylic oxidation sites excluding steroid dienone is 2. The molecule has 1 heterocycles. The molecule has 6 nitrogen and oxygen atoms in total. The van der Waals surface area contributed by atoms with Gasteiger partial charge in [0.2, 0.25) is 5.91 Å². The van der Waals surface area contributed by atoms with Crippen molar-refractivity contribution in [3.63, 3.8) is 0 Å². The molecular weight excluding hydrogens is 464 g/mol. The number of benzene rings is 3. The molecule has 37 heavy (non-hydrogen) atoms. The van der Waals surface area contributed by atoms with Crippen molar-refractivity contribution in [2.45, 2.75) is 19.6 Å². The number of hydrogen-bond acceptors (Lipinski definition) is 3. The number of fused-ring (bicyclic) bond motifs is 1. The van der Waals surface area contributed by atoms with Crippen LogP contribution >= 0.6 is 0 Å². The van der Waals surface area contributed by atoms with Crippen LogP contribution in [0.4, 0.5) is 0 Å². The third-order valence-electron chi connectivity index (χ3n) is 6.07. The number of carbonyl (C=O) groups is 2. The van der Waals surface area contributed by atoms with Crippen molar-refractivity contribution in [3.8, 4) is 5.75 Å². The SMILES string of the molecule is CN(CCc1ccccc1)C(=O)Cn1cc(/C=C/C=C/C(=O)O)c2c(OCc3ccccc3)cccc21. The molecule has 1 amide bonds. The molecule has 188 valence electrons. The molecule has 3 aromatic carbocycles. The second-order valence-electron chi connectivity index (χ2n) is 8.74. The predicted molar refractivity (Wildman–Crippen MR) is 146 cm³/mol. The van der Waals surface area contributed by atoms with Gasteiger partial charge in [-0.3, -0.25) is 4.79 Å². The number of aliphatic carboxylic acids is 1. The van der Waals surface area contributed by atoms with Gasteiger partial charge in [0.15, 0.2) is 0 Å². The Kier molecular flexibility index (Phi) is 8.55. The lowest BCUT2D eigenvalue weighted by molar-refractivity contribution is -0.131. The molecule has 0 atom stereocenters. The molecule has 0 aliphatic heterocycles. The second kappa shape index (κ2) is 12.4. The average Bonchev–Trinajstić information content (AvgIpc) is 3.27. The van der Waals surface area contributed by atoms with E-state index in [0.717, 1.165) is 34.5 Å². The van der Waals surface area contributed by atoms with E-state index in [0.29, 0.717) is 18.9 Å². The summed E-state index contributed by atoms with van der Waals surface area (Å²) in [5, 5.41) is 9.76. The topological polar surface area (TPSA) is 71.8 Å². The number of ether oxygens (including phenoxy) is 1. The summed E-state index contributed by atoms with van der Waals surface area (Å²) in [4.78, 5) is 25.7. The molecule has 0 fully saturated rings. The van der Waals surface area contributed by atoms with Crippen LogP contribution in [0.25, 0.3) is 17.0 Å². The first kappa shape index (κ1) is 25.5. The lowest BCUT2D eigenvalue weighted by atomic mass is 10.1. The van der Waals surface area contributed by atoms with Crippen LogP contribution in [0.15, 0.2) is 103 Å². The van der Waals surface area contributed by atoms with Gasteiger partial charge in [-0.05, 0) is 29.7 Å². The van der Waals surface area contributed by atoms with Crippen LogP contribution < -0.4 is 4.74 Å². The van der Waals surface area contributed by atoms with Gasteiger partial charge in [-0.15, -0.1) is 0 Å². The van der Waals surface area contributed by atoms with E-state index in [4.69, 9.17) is 9.84 Å². The van der Waals surface area contributed by atoms with Crippen LogP contribution in [-0.4, -0.2) is 40.0 Å². The maximum atomic E-state index is 13.1. The third kappa shape index (κ3) is 6.98. The van der Waals surface area contributed by atoms with E-state index in [9.17, 15) is 9.59 Å². The summed E-state index contributed by atoms with van der Waals surface area (Å²) >= 11 is 0. The number of likely N-dealkylation sites (N-methyl/N-ethyl adjacent to an activating group) is 1. The Morgan fingerprint density at radius 1 is 0.919 bits per heavy atom. The number of carbonyl (C=O) groups excluding carboxylic acids is 1. The highest BCUT2D eigenvalue weighted by Gasteiger charge is 2.16. The van der Waals surface area contributed by atoms with E-state index in [1.165, 1.54) is 11.6 Å². The fourth-order valence-electron chi connectivity index (χ4n) is 4.09. The highest BCUT2D eigenvalue weighted by atomic mass is 16.5. The largest absolute Gasteiger partial charge is 0.488 e. The van der Waals surface area contributed by atoms with Gasteiger partial charge in [-0.1, -0.05) is 85.0 Å². The molecule has 4 rings (SSSR count). The second-order valence-corrected chi connectivity index (χ2v) is 8.74. The zero-order valence-electron chi connectivity index (χ0n) is 20.8. The Bertz CT molecular complexity index is 1410. The Labute approximate surface area is 216 Å². The van der Waals surface area contributed by atoms with Crippen LogP contribution in [0.5, 0.6) is 5.75 Å². The average molecular weight is 495 g/mol. The number of hydrogen-bond donors (Lipinski definition) is 1. The van der Waals surface area contributed by atoms with Gasteiger partial charge in [-0.2, -0.15) is 0 Å². The van der Waals surface area contributed by atoms with Crippen molar-refractivity contribution in [2.24, 2.45) is 0 Å². The molecule has 0 saturated heterocycles. The zero-order valence-corrected chi connectivity index (χ0v) is 20.8. The van der Waals surface area contributed by atoms with Crippen LogP contribution in [0.1, 0.15) is 16.7 Å². The van der Waals surface area contributed by atoms with Gasteiger partial charge < -0.3 is 19.3 Å². The molecular formula is C31H30N2O4. The monoisotopic (exact) mass is 494 g/mol. The van der Waals surface area contributed by atoms with Gasteiger partial charge >= 0.3 is 5.97 Å². The first-order chi connectivity index (χ1) is 18.0. The normalized spacial score (nSPS) is 11.4. The lowest BCUT2D eigenvalue weighted by Crippen LogP contribution is -2.31. The summed E-state index contributed by atoms with van der Waals surface area (Å²) in [6.07, 6.45) is 8.76. The lowest BCUT2D eigenvalue weighted by Gasteiger charge is -2.18. The fourth-order valence-corrected chi connectivity index (χ4v) is 4.09. The van der Waals surface area contributed by atoms with Crippen LogP contribution in [0.2, 0.25) is 0 Å². The van der Waals surface area contributed by atoms with E-state index in [2.05, 4.69) is 12.1 Å². The van der Waals surface area contributed by atoms with E-state index in [1.54, 1.807) is 11.0 Å². The van der Waals surface area contributed by atoms with Gasteiger partial charge in [0.1, 0.15) is 18.9 Å². The number of rotatable bonds is 11. The maximum Gasteiger partial charge on any atom is 0.328 e. The zero-order chi connectivity index (χ0) is 26.0. The molecule has 1 aromatic heterocycles. The fraction of sp³-hybridized carbons (Fsp3) is 0.161. The van der Waals surface area contributed by atoms with Gasteiger partial charge in [0.05, 0.1) is 5.52 Å². The van der Waals surface area contributed by atoms with Gasteiger partial charge in [-0.25, -0.2) is 4.79 Å². The van der Waals surface area contributed by atoms with Crippen molar-refractivity contribution in [1.29, 1.82) is 0 Å². The molecule has 1 N–H and O–H groups in total. The van der Waals surface area contributed by atoms with E-state index >= 15 is 0 Å². The first-order valence-electron chi connectivity index (χ1n) is 12.2. The van der Waals surface area contributed by atoms with Gasteiger partial charge in [0, 0.05) is 36.8 Å². The minimum Gasteiger partial charge on any atom is -0.488 e. The van der Waals surface area contributed by atoms with Crippen molar-refractivity contribution < 1.29 is 19.4 Å². The summed E-state index contributed by atoms with van der Waals surface area (Å²) in [6, 6.07) is 25.8. The van der Waals surface area contributed by atoms with Crippen molar-refractivity contribution >= 4 is 28.9 Å². The van der Waals surface area contributed by atoms with Crippen molar-refractivity contribution in [2.75, 3.05) is 13.6 Å². The summed E-state index contributed by atoms with van der Waals surface area (Å²) in [5.41, 5.74) is 3.96. The molecule has 6 heteroatoms. The minimum atomic E-state index is -1.01. The number of carboxylic acids is 1. The maximum absolute atomic E-state index is 13.1. The van der Waals surface area contributed by atoms with Crippen molar-refractivity contribution in [1.82, 2.24) is 9.47 Å². The molecule has 4 aromatic rings. The number of nitrogens with zero attached hydrogens (tertiary/aromatic N) is 2.